The minimum absolute atomic E-state index is 0.0336. The number of amides is 3. The summed E-state index contributed by atoms with van der Waals surface area (Å²) in [5.74, 6) is -0.586. The minimum atomic E-state index is -4.57. The molecule has 1 atom stereocenters. The molecular weight excluding hydrogens is 303 g/mol. The van der Waals surface area contributed by atoms with Crippen molar-refractivity contribution in [1.82, 2.24) is 20.6 Å². The molecular formula is C12H12F3N5O2. The van der Waals surface area contributed by atoms with Crippen molar-refractivity contribution in [3.05, 3.63) is 18.0 Å². The molecule has 0 bridgehead atoms. The third-order valence-corrected chi connectivity index (χ3v) is 3.72. The Balaban J connectivity index is 1.87. The van der Waals surface area contributed by atoms with Gasteiger partial charge in [0.2, 0.25) is 5.95 Å². The maximum absolute atomic E-state index is 12.7. The lowest BCUT2D eigenvalue weighted by Crippen LogP contribution is -2.59. The first-order valence-electron chi connectivity index (χ1n) is 6.59. The number of hydrogen-bond donors (Lipinski definition) is 2. The van der Waals surface area contributed by atoms with Crippen LogP contribution in [0.4, 0.5) is 23.9 Å². The molecule has 1 unspecified atom stereocenters. The summed E-state index contributed by atoms with van der Waals surface area (Å²) in [6.07, 6.45) is -2.60. The van der Waals surface area contributed by atoms with Crippen LogP contribution in [0, 0.1) is 0 Å². The van der Waals surface area contributed by atoms with E-state index in [0.717, 1.165) is 12.3 Å². The third-order valence-electron chi connectivity index (χ3n) is 3.72. The zero-order valence-corrected chi connectivity index (χ0v) is 11.3. The molecule has 2 N–H and O–H groups in total. The SMILES string of the molecule is O=C1NC(=O)C2(CCCN(c3nccc(C(F)(F)F)n3)C2)N1. The Morgan fingerprint density at radius 1 is 1.32 bits per heavy atom. The van der Waals surface area contributed by atoms with E-state index < -0.39 is 29.3 Å². The largest absolute Gasteiger partial charge is 0.433 e. The Labute approximate surface area is 122 Å². The fourth-order valence-electron chi connectivity index (χ4n) is 2.70. The maximum Gasteiger partial charge on any atom is 0.433 e. The Kier molecular flexibility index (Phi) is 3.18. The topological polar surface area (TPSA) is 87.2 Å². The lowest BCUT2D eigenvalue weighted by Gasteiger charge is -2.38. The number of urea groups is 1. The predicted octanol–water partition coefficient (Wildman–Crippen LogP) is 0.674. The van der Waals surface area contributed by atoms with Crippen molar-refractivity contribution in [3.63, 3.8) is 0 Å². The maximum atomic E-state index is 12.7. The quantitative estimate of drug-likeness (QED) is 0.744. The Bertz CT molecular complexity index is 635. The number of nitrogens with one attached hydrogen (secondary N) is 2. The highest BCUT2D eigenvalue weighted by Crippen LogP contribution is 2.30. The van der Waals surface area contributed by atoms with Crippen LogP contribution in [-0.2, 0) is 11.0 Å². The van der Waals surface area contributed by atoms with Gasteiger partial charge in [0.15, 0.2) is 0 Å². The van der Waals surface area contributed by atoms with Gasteiger partial charge >= 0.3 is 12.2 Å². The molecule has 22 heavy (non-hydrogen) atoms. The predicted molar refractivity (Wildman–Crippen MR) is 67.9 cm³/mol. The monoisotopic (exact) mass is 315 g/mol. The molecule has 2 saturated heterocycles. The number of alkyl halides is 3. The molecule has 3 rings (SSSR count). The standard InChI is InChI=1S/C12H12F3N5O2/c13-12(14,15)7-2-4-16-9(17-7)20-5-1-3-11(6-20)8(21)18-10(22)19-11/h2,4H,1,3,5-6H2,(H2,18,19,21,22). The molecule has 118 valence electrons. The van der Waals surface area contributed by atoms with Crippen LogP contribution >= 0.6 is 0 Å². The molecule has 0 aliphatic carbocycles. The van der Waals surface area contributed by atoms with Gasteiger partial charge in [0.05, 0.1) is 6.54 Å². The van der Waals surface area contributed by atoms with Crippen molar-refractivity contribution in [1.29, 1.82) is 0 Å². The second-order valence-electron chi connectivity index (χ2n) is 5.26. The minimum Gasteiger partial charge on any atom is -0.338 e. The van der Waals surface area contributed by atoms with Gasteiger partial charge in [0.1, 0.15) is 11.2 Å². The smallest absolute Gasteiger partial charge is 0.338 e. The lowest BCUT2D eigenvalue weighted by molar-refractivity contribution is -0.141. The molecule has 3 amide bonds. The van der Waals surface area contributed by atoms with Gasteiger partial charge in [0.25, 0.3) is 5.91 Å². The number of rotatable bonds is 1. The molecule has 7 nitrogen and oxygen atoms in total. The van der Waals surface area contributed by atoms with Crippen LogP contribution in [0.3, 0.4) is 0 Å². The summed E-state index contributed by atoms with van der Waals surface area (Å²) in [5.41, 5.74) is -2.18. The summed E-state index contributed by atoms with van der Waals surface area (Å²) in [6.45, 7) is 0.443. The van der Waals surface area contributed by atoms with Gasteiger partial charge in [-0.05, 0) is 18.9 Å². The van der Waals surface area contributed by atoms with E-state index in [1.807, 2.05) is 0 Å². The van der Waals surface area contributed by atoms with Crippen molar-refractivity contribution in [3.8, 4) is 0 Å². The van der Waals surface area contributed by atoms with E-state index in [1.54, 1.807) is 0 Å². The van der Waals surface area contributed by atoms with Gasteiger partial charge in [-0.2, -0.15) is 13.2 Å². The average molecular weight is 315 g/mol. The molecule has 2 fully saturated rings. The number of halogens is 3. The zero-order valence-electron chi connectivity index (χ0n) is 11.3. The molecule has 2 aliphatic rings. The summed E-state index contributed by atoms with van der Waals surface area (Å²) in [7, 11) is 0. The molecule has 1 aromatic heterocycles. The highest BCUT2D eigenvalue weighted by Gasteiger charge is 2.49. The summed E-state index contributed by atoms with van der Waals surface area (Å²) < 4.78 is 38.1. The average Bonchev–Trinajstić information content (AvgIpc) is 2.72. The fourth-order valence-corrected chi connectivity index (χ4v) is 2.70. The van der Waals surface area contributed by atoms with Crippen LogP contribution in [0.2, 0.25) is 0 Å². The number of anilines is 1. The number of aromatic nitrogens is 2. The van der Waals surface area contributed by atoms with Gasteiger partial charge in [-0.1, -0.05) is 0 Å². The number of nitrogens with zero attached hydrogens (tertiary/aromatic N) is 3. The van der Waals surface area contributed by atoms with E-state index in [0.29, 0.717) is 19.4 Å². The molecule has 1 spiro atoms. The van der Waals surface area contributed by atoms with Gasteiger partial charge in [-0.15, -0.1) is 0 Å². The van der Waals surface area contributed by atoms with Crippen LogP contribution in [0.15, 0.2) is 12.3 Å². The third kappa shape index (κ3) is 2.44. The molecule has 0 saturated carbocycles. The number of carbonyl (C=O) groups is 2. The highest BCUT2D eigenvalue weighted by molar-refractivity contribution is 6.07. The number of hydrogen-bond acceptors (Lipinski definition) is 5. The summed E-state index contributed by atoms with van der Waals surface area (Å²) >= 11 is 0. The molecule has 3 heterocycles. The normalized spacial score (nSPS) is 25.3. The van der Waals surface area contributed by atoms with E-state index >= 15 is 0 Å². The molecule has 1 aromatic rings. The van der Waals surface area contributed by atoms with Crippen LogP contribution in [0.25, 0.3) is 0 Å². The number of carbonyl (C=O) groups excluding carboxylic acids is 2. The van der Waals surface area contributed by atoms with Crippen molar-refractivity contribution in [2.45, 2.75) is 24.6 Å². The van der Waals surface area contributed by atoms with E-state index in [2.05, 4.69) is 20.6 Å². The van der Waals surface area contributed by atoms with Crippen LogP contribution in [0.5, 0.6) is 0 Å². The fraction of sp³-hybridized carbons (Fsp3) is 0.500. The molecule has 2 aliphatic heterocycles. The lowest BCUT2D eigenvalue weighted by atomic mass is 9.89. The second kappa shape index (κ2) is 4.82. The van der Waals surface area contributed by atoms with Gasteiger partial charge in [0, 0.05) is 12.7 Å². The summed E-state index contributed by atoms with van der Waals surface area (Å²) in [5, 5.41) is 4.69. The van der Waals surface area contributed by atoms with E-state index in [1.165, 1.54) is 4.90 Å². The van der Waals surface area contributed by atoms with Crippen LogP contribution < -0.4 is 15.5 Å². The highest BCUT2D eigenvalue weighted by atomic mass is 19.4. The molecule has 0 radical (unpaired) electrons. The van der Waals surface area contributed by atoms with E-state index in [-0.39, 0.29) is 12.5 Å². The van der Waals surface area contributed by atoms with E-state index in [4.69, 9.17) is 0 Å². The zero-order chi connectivity index (χ0) is 16.0. The first kappa shape index (κ1) is 14.5. The number of imide groups is 1. The van der Waals surface area contributed by atoms with Crippen molar-refractivity contribution < 1.29 is 22.8 Å². The van der Waals surface area contributed by atoms with E-state index in [9.17, 15) is 22.8 Å². The van der Waals surface area contributed by atoms with Gasteiger partial charge < -0.3 is 10.2 Å². The van der Waals surface area contributed by atoms with Crippen LogP contribution in [-0.4, -0.2) is 40.5 Å². The van der Waals surface area contributed by atoms with Gasteiger partial charge in [-0.25, -0.2) is 14.8 Å². The van der Waals surface area contributed by atoms with Crippen molar-refractivity contribution in [2.24, 2.45) is 0 Å². The molecule has 0 aromatic carbocycles. The van der Waals surface area contributed by atoms with Crippen molar-refractivity contribution in [2.75, 3.05) is 18.0 Å². The first-order valence-corrected chi connectivity index (χ1v) is 6.59. The Morgan fingerprint density at radius 3 is 2.73 bits per heavy atom. The second-order valence-corrected chi connectivity index (χ2v) is 5.26. The van der Waals surface area contributed by atoms with Gasteiger partial charge in [-0.3, -0.25) is 10.1 Å². The Morgan fingerprint density at radius 2 is 2.09 bits per heavy atom. The first-order chi connectivity index (χ1) is 10.3. The number of piperidine rings is 1. The van der Waals surface area contributed by atoms with Crippen molar-refractivity contribution >= 4 is 17.9 Å². The molecule has 10 heteroatoms. The summed E-state index contributed by atoms with van der Waals surface area (Å²) in [6, 6.07) is 0.185. The van der Waals surface area contributed by atoms with Crippen LogP contribution in [0.1, 0.15) is 18.5 Å². The Hall–Kier alpha value is -2.39. The summed E-state index contributed by atoms with van der Waals surface area (Å²) in [4.78, 5) is 32.1.